The number of nitrogens with one attached hydrogen (secondary N) is 1. The van der Waals surface area contributed by atoms with Gasteiger partial charge in [0.1, 0.15) is 5.75 Å². The van der Waals surface area contributed by atoms with E-state index in [1.807, 2.05) is 38.1 Å². The maximum absolute atomic E-state index is 11.7. The number of benzene rings is 1. The first-order valence-corrected chi connectivity index (χ1v) is 5.76. The Morgan fingerprint density at radius 3 is 2.39 bits per heavy atom. The summed E-state index contributed by atoms with van der Waals surface area (Å²) in [5, 5.41) is 2.77. The molecule has 18 heavy (non-hydrogen) atoms. The van der Waals surface area contributed by atoms with E-state index in [1.54, 1.807) is 6.92 Å². The molecule has 0 aliphatic carbocycles. The number of aryl methyl sites for hydroxylation is 1. The summed E-state index contributed by atoms with van der Waals surface area (Å²) in [5.41, 5.74) is 6.59. The molecular weight excluding hydrogens is 252 g/mol. The van der Waals surface area contributed by atoms with Gasteiger partial charge in [0.05, 0.1) is 0 Å². The number of ether oxygens (including phenoxy) is 1. The lowest BCUT2D eigenvalue weighted by Gasteiger charge is -2.17. The second-order valence-corrected chi connectivity index (χ2v) is 4.22. The van der Waals surface area contributed by atoms with Crippen LogP contribution in [0.4, 0.5) is 0 Å². The number of amides is 1. The second kappa shape index (κ2) is 7.95. The van der Waals surface area contributed by atoms with Crippen molar-refractivity contribution in [3.8, 4) is 5.75 Å². The molecule has 0 spiro atoms. The molecule has 2 atom stereocenters. The second-order valence-electron chi connectivity index (χ2n) is 4.22. The summed E-state index contributed by atoms with van der Waals surface area (Å²) < 4.78 is 5.52. The highest BCUT2D eigenvalue weighted by molar-refractivity contribution is 5.85. The summed E-state index contributed by atoms with van der Waals surface area (Å²) in [6, 6.07) is 7.56. The lowest BCUT2D eigenvalue weighted by atomic mass is 10.2. The van der Waals surface area contributed by atoms with Crippen LogP contribution in [-0.2, 0) is 4.79 Å². The number of hydrogen-bond acceptors (Lipinski definition) is 3. The van der Waals surface area contributed by atoms with Crippen LogP contribution >= 0.6 is 12.4 Å². The maximum Gasteiger partial charge on any atom is 0.261 e. The molecule has 0 bridgehead atoms. The average Bonchev–Trinajstić information content (AvgIpc) is 2.31. The molecule has 1 aromatic rings. The van der Waals surface area contributed by atoms with Crippen LogP contribution in [0.1, 0.15) is 19.4 Å². The SMILES string of the molecule is Cc1ccc(OC(C)C(=O)N[C@@H](C)CN)cc1.Cl. The van der Waals surface area contributed by atoms with Crippen LogP contribution in [0.5, 0.6) is 5.75 Å². The Balaban J connectivity index is 0.00000289. The van der Waals surface area contributed by atoms with Gasteiger partial charge in [0.15, 0.2) is 6.10 Å². The molecule has 0 heterocycles. The predicted octanol–water partition coefficient (Wildman–Crippen LogP) is 1.65. The van der Waals surface area contributed by atoms with Gasteiger partial charge in [-0.3, -0.25) is 4.79 Å². The topological polar surface area (TPSA) is 64.3 Å². The van der Waals surface area contributed by atoms with Crippen molar-refractivity contribution in [2.45, 2.75) is 32.9 Å². The first kappa shape index (κ1) is 16.7. The van der Waals surface area contributed by atoms with Gasteiger partial charge in [-0.15, -0.1) is 12.4 Å². The molecule has 0 aliphatic heterocycles. The normalized spacial score (nSPS) is 13.1. The van der Waals surface area contributed by atoms with Gasteiger partial charge in [-0.05, 0) is 32.9 Å². The lowest BCUT2D eigenvalue weighted by Crippen LogP contribution is -2.44. The molecule has 0 fully saturated rings. The Kier molecular flexibility index (Phi) is 7.39. The van der Waals surface area contributed by atoms with Gasteiger partial charge in [0, 0.05) is 12.6 Å². The molecule has 0 aliphatic rings. The van der Waals surface area contributed by atoms with Crippen LogP contribution < -0.4 is 15.8 Å². The van der Waals surface area contributed by atoms with Crippen molar-refractivity contribution in [2.24, 2.45) is 5.73 Å². The van der Waals surface area contributed by atoms with E-state index in [2.05, 4.69) is 5.32 Å². The Morgan fingerprint density at radius 2 is 1.89 bits per heavy atom. The number of halogens is 1. The fraction of sp³-hybridized carbons (Fsp3) is 0.462. The average molecular weight is 273 g/mol. The monoisotopic (exact) mass is 272 g/mol. The molecule has 4 nitrogen and oxygen atoms in total. The number of carbonyl (C=O) groups excluding carboxylic acids is 1. The molecule has 1 unspecified atom stereocenters. The number of carbonyl (C=O) groups is 1. The fourth-order valence-electron chi connectivity index (χ4n) is 1.29. The lowest BCUT2D eigenvalue weighted by molar-refractivity contribution is -0.127. The molecule has 0 saturated heterocycles. The summed E-state index contributed by atoms with van der Waals surface area (Å²) in [6.45, 7) is 6.00. The van der Waals surface area contributed by atoms with Crippen LogP contribution in [0.2, 0.25) is 0 Å². The Labute approximate surface area is 114 Å². The van der Waals surface area contributed by atoms with E-state index in [1.165, 1.54) is 0 Å². The number of nitrogens with two attached hydrogens (primary N) is 1. The van der Waals surface area contributed by atoms with Crippen molar-refractivity contribution in [3.05, 3.63) is 29.8 Å². The summed E-state index contributed by atoms with van der Waals surface area (Å²) in [6.07, 6.45) is -0.522. The molecule has 1 aromatic carbocycles. The highest BCUT2D eigenvalue weighted by Crippen LogP contribution is 2.13. The van der Waals surface area contributed by atoms with Gasteiger partial charge < -0.3 is 15.8 Å². The van der Waals surface area contributed by atoms with Gasteiger partial charge >= 0.3 is 0 Å². The molecule has 102 valence electrons. The third kappa shape index (κ3) is 5.38. The first-order valence-electron chi connectivity index (χ1n) is 5.76. The Bertz CT molecular complexity index is 368. The minimum atomic E-state index is -0.522. The highest BCUT2D eigenvalue weighted by atomic mass is 35.5. The summed E-state index contributed by atoms with van der Waals surface area (Å²) in [5.74, 6) is 0.544. The zero-order valence-corrected chi connectivity index (χ0v) is 11.8. The van der Waals surface area contributed by atoms with Crippen molar-refractivity contribution in [3.63, 3.8) is 0 Å². The highest BCUT2D eigenvalue weighted by Gasteiger charge is 2.15. The fourth-order valence-corrected chi connectivity index (χ4v) is 1.29. The third-order valence-corrected chi connectivity index (χ3v) is 2.45. The van der Waals surface area contributed by atoms with E-state index in [0.717, 1.165) is 5.56 Å². The molecule has 0 aromatic heterocycles. The van der Waals surface area contributed by atoms with E-state index < -0.39 is 6.10 Å². The zero-order chi connectivity index (χ0) is 12.8. The van der Waals surface area contributed by atoms with Gasteiger partial charge in [-0.1, -0.05) is 17.7 Å². The standard InChI is InChI=1S/C13H20N2O2.ClH/c1-9-4-6-12(7-5-9)17-11(3)13(16)15-10(2)8-14;/h4-7,10-11H,8,14H2,1-3H3,(H,15,16);1H/t10-,11?;/m0./s1. The van der Waals surface area contributed by atoms with Gasteiger partial charge in [0.25, 0.3) is 5.91 Å². The molecule has 5 heteroatoms. The Morgan fingerprint density at radius 1 is 1.33 bits per heavy atom. The quantitative estimate of drug-likeness (QED) is 0.857. The van der Waals surface area contributed by atoms with Crippen LogP contribution in [-0.4, -0.2) is 24.6 Å². The zero-order valence-electron chi connectivity index (χ0n) is 11.0. The smallest absolute Gasteiger partial charge is 0.261 e. The third-order valence-electron chi connectivity index (χ3n) is 2.45. The summed E-state index contributed by atoms with van der Waals surface area (Å²) in [4.78, 5) is 11.7. The molecule has 1 amide bonds. The first-order chi connectivity index (χ1) is 8.02. The van der Waals surface area contributed by atoms with Crippen LogP contribution in [0.3, 0.4) is 0 Å². The van der Waals surface area contributed by atoms with Crippen molar-refractivity contribution in [2.75, 3.05) is 6.54 Å². The van der Waals surface area contributed by atoms with E-state index in [-0.39, 0.29) is 24.4 Å². The molecule has 1 rings (SSSR count). The molecular formula is C13H21ClN2O2. The van der Waals surface area contributed by atoms with E-state index in [4.69, 9.17) is 10.5 Å². The van der Waals surface area contributed by atoms with Crippen LogP contribution in [0.25, 0.3) is 0 Å². The van der Waals surface area contributed by atoms with E-state index in [0.29, 0.717) is 12.3 Å². The number of hydrogen-bond donors (Lipinski definition) is 2. The maximum atomic E-state index is 11.7. The minimum Gasteiger partial charge on any atom is -0.481 e. The summed E-state index contributed by atoms with van der Waals surface area (Å²) in [7, 11) is 0. The van der Waals surface area contributed by atoms with Gasteiger partial charge in [-0.2, -0.15) is 0 Å². The largest absolute Gasteiger partial charge is 0.481 e. The Hall–Kier alpha value is -1.26. The van der Waals surface area contributed by atoms with Crippen LogP contribution in [0.15, 0.2) is 24.3 Å². The van der Waals surface area contributed by atoms with Crippen molar-refractivity contribution in [1.82, 2.24) is 5.32 Å². The molecule has 0 saturated carbocycles. The summed E-state index contributed by atoms with van der Waals surface area (Å²) >= 11 is 0. The molecule has 0 radical (unpaired) electrons. The minimum absolute atomic E-state index is 0. The predicted molar refractivity (Wildman–Crippen MR) is 75.2 cm³/mol. The van der Waals surface area contributed by atoms with Gasteiger partial charge in [-0.25, -0.2) is 0 Å². The number of rotatable bonds is 5. The van der Waals surface area contributed by atoms with Crippen molar-refractivity contribution in [1.29, 1.82) is 0 Å². The van der Waals surface area contributed by atoms with E-state index >= 15 is 0 Å². The van der Waals surface area contributed by atoms with Crippen molar-refractivity contribution < 1.29 is 9.53 Å². The van der Waals surface area contributed by atoms with Gasteiger partial charge in [0.2, 0.25) is 0 Å². The van der Waals surface area contributed by atoms with Crippen LogP contribution in [0, 0.1) is 6.92 Å². The molecule has 3 N–H and O–H groups in total. The van der Waals surface area contributed by atoms with Crippen molar-refractivity contribution >= 4 is 18.3 Å². The van der Waals surface area contributed by atoms with E-state index in [9.17, 15) is 4.79 Å².